The van der Waals surface area contributed by atoms with Gasteiger partial charge in [0.25, 0.3) is 0 Å². The molecule has 19 heavy (non-hydrogen) atoms. The molecule has 0 aromatic heterocycles. The lowest BCUT2D eigenvalue weighted by Gasteiger charge is -2.46. The van der Waals surface area contributed by atoms with Crippen LogP contribution in [0.5, 0.6) is 0 Å². The first-order valence-electron chi connectivity index (χ1n) is 8.30. The Morgan fingerprint density at radius 3 is 2.84 bits per heavy atom. The first-order chi connectivity index (χ1) is 9.16. The number of nitrogens with zero attached hydrogens (tertiary/aromatic N) is 2. The van der Waals surface area contributed by atoms with Gasteiger partial charge in [-0.3, -0.25) is 0 Å². The second kappa shape index (κ2) is 7.61. The SMILES string of the molecule is CC(C)CNCCCN1CCC2C(CCCN2C)C1. The topological polar surface area (TPSA) is 18.5 Å². The number of hydrogen-bond donors (Lipinski definition) is 1. The van der Waals surface area contributed by atoms with Gasteiger partial charge in [-0.2, -0.15) is 0 Å². The molecule has 0 radical (unpaired) electrons. The van der Waals surface area contributed by atoms with Crippen molar-refractivity contribution in [2.75, 3.05) is 46.3 Å². The fraction of sp³-hybridized carbons (Fsp3) is 1.00. The van der Waals surface area contributed by atoms with Crippen molar-refractivity contribution >= 4 is 0 Å². The van der Waals surface area contributed by atoms with Gasteiger partial charge in [0.1, 0.15) is 0 Å². The number of rotatable bonds is 6. The van der Waals surface area contributed by atoms with E-state index in [1.54, 1.807) is 0 Å². The first-order valence-corrected chi connectivity index (χ1v) is 8.30. The van der Waals surface area contributed by atoms with Gasteiger partial charge in [0.15, 0.2) is 0 Å². The van der Waals surface area contributed by atoms with Crippen LogP contribution in [0.1, 0.15) is 39.5 Å². The van der Waals surface area contributed by atoms with Crippen molar-refractivity contribution in [3.8, 4) is 0 Å². The summed E-state index contributed by atoms with van der Waals surface area (Å²) in [7, 11) is 2.32. The minimum atomic E-state index is 0.772. The molecule has 2 aliphatic rings. The summed E-state index contributed by atoms with van der Waals surface area (Å²) in [6, 6.07) is 0.879. The zero-order valence-electron chi connectivity index (χ0n) is 13.2. The van der Waals surface area contributed by atoms with E-state index in [0.717, 1.165) is 24.4 Å². The quantitative estimate of drug-likeness (QED) is 0.743. The number of hydrogen-bond acceptors (Lipinski definition) is 3. The van der Waals surface area contributed by atoms with Crippen molar-refractivity contribution in [2.45, 2.75) is 45.6 Å². The third-order valence-corrected chi connectivity index (χ3v) is 4.81. The summed E-state index contributed by atoms with van der Waals surface area (Å²) in [6.07, 6.45) is 5.55. The van der Waals surface area contributed by atoms with Gasteiger partial charge in [-0.1, -0.05) is 13.8 Å². The summed E-state index contributed by atoms with van der Waals surface area (Å²) in [5, 5.41) is 3.55. The van der Waals surface area contributed by atoms with Crippen molar-refractivity contribution in [2.24, 2.45) is 11.8 Å². The van der Waals surface area contributed by atoms with Crippen molar-refractivity contribution in [3.63, 3.8) is 0 Å². The molecule has 0 aromatic carbocycles. The lowest BCUT2D eigenvalue weighted by atomic mass is 9.84. The molecule has 1 N–H and O–H groups in total. The molecule has 2 rings (SSSR count). The van der Waals surface area contributed by atoms with Crippen molar-refractivity contribution in [3.05, 3.63) is 0 Å². The summed E-state index contributed by atoms with van der Waals surface area (Å²) in [4.78, 5) is 5.31. The van der Waals surface area contributed by atoms with Crippen LogP contribution in [0.2, 0.25) is 0 Å². The summed E-state index contributed by atoms with van der Waals surface area (Å²) in [6.45, 7) is 12.2. The van der Waals surface area contributed by atoms with Crippen LogP contribution in [0, 0.1) is 11.8 Å². The third kappa shape index (κ3) is 4.73. The molecule has 2 saturated heterocycles. The van der Waals surface area contributed by atoms with Gasteiger partial charge in [-0.05, 0) is 77.3 Å². The van der Waals surface area contributed by atoms with Crippen LogP contribution in [0.15, 0.2) is 0 Å². The maximum absolute atomic E-state index is 3.55. The third-order valence-electron chi connectivity index (χ3n) is 4.81. The highest BCUT2D eigenvalue weighted by atomic mass is 15.2. The van der Waals surface area contributed by atoms with Gasteiger partial charge in [-0.15, -0.1) is 0 Å². The largest absolute Gasteiger partial charge is 0.316 e. The number of piperidine rings is 2. The monoisotopic (exact) mass is 267 g/mol. The van der Waals surface area contributed by atoms with Gasteiger partial charge >= 0.3 is 0 Å². The maximum atomic E-state index is 3.55. The second-order valence-corrected chi connectivity index (χ2v) is 6.99. The van der Waals surface area contributed by atoms with Crippen molar-refractivity contribution in [1.82, 2.24) is 15.1 Å². The van der Waals surface area contributed by atoms with Crippen LogP contribution in [0.4, 0.5) is 0 Å². The molecule has 2 fully saturated rings. The van der Waals surface area contributed by atoms with Gasteiger partial charge in [0.05, 0.1) is 0 Å². The van der Waals surface area contributed by atoms with Crippen LogP contribution < -0.4 is 5.32 Å². The Hall–Kier alpha value is -0.120. The molecule has 2 heterocycles. The molecular formula is C16H33N3. The van der Waals surface area contributed by atoms with Crippen LogP contribution in [0.25, 0.3) is 0 Å². The van der Waals surface area contributed by atoms with E-state index in [2.05, 4.69) is 36.0 Å². The van der Waals surface area contributed by atoms with Gasteiger partial charge in [-0.25, -0.2) is 0 Å². The van der Waals surface area contributed by atoms with E-state index in [4.69, 9.17) is 0 Å². The molecule has 2 unspecified atom stereocenters. The van der Waals surface area contributed by atoms with Crippen molar-refractivity contribution in [1.29, 1.82) is 0 Å². The van der Waals surface area contributed by atoms with Crippen LogP contribution in [-0.4, -0.2) is 62.2 Å². The molecular weight excluding hydrogens is 234 g/mol. The predicted molar refractivity (Wildman–Crippen MR) is 82.5 cm³/mol. The van der Waals surface area contributed by atoms with Crippen LogP contribution in [0.3, 0.4) is 0 Å². The standard InChI is InChI=1S/C16H33N3/c1-14(2)12-17-8-5-10-19-11-7-16-15(13-19)6-4-9-18(16)3/h14-17H,4-13H2,1-3H3. The molecule has 112 valence electrons. The van der Waals surface area contributed by atoms with E-state index in [1.807, 2.05) is 0 Å². The highest BCUT2D eigenvalue weighted by molar-refractivity contribution is 4.89. The lowest BCUT2D eigenvalue weighted by Crippen LogP contribution is -2.52. The minimum Gasteiger partial charge on any atom is -0.316 e. The first kappa shape index (κ1) is 15.3. The Bertz CT molecular complexity index is 254. The average molecular weight is 267 g/mol. The Morgan fingerprint density at radius 1 is 1.21 bits per heavy atom. The van der Waals surface area contributed by atoms with Gasteiger partial charge in [0, 0.05) is 12.6 Å². The fourth-order valence-corrected chi connectivity index (χ4v) is 3.75. The summed E-state index contributed by atoms with van der Waals surface area (Å²) >= 11 is 0. The van der Waals surface area contributed by atoms with Crippen molar-refractivity contribution < 1.29 is 0 Å². The normalized spacial score (nSPS) is 29.7. The molecule has 0 aliphatic carbocycles. The zero-order valence-corrected chi connectivity index (χ0v) is 13.2. The van der Waals surface area contributed by atoms with E-state index in [0.29, 0.717) is 0 Å². The summed E-state index contributed by atoms with van der Waals surface area (Å²) in [5.41, 5.74) is 0. The molecule has 2 atom stereocenters. The molecule has 0 aromatic rings. The Morgan fingerprint density at radius 2 is 2.05 bits per heavy atom. The van der Waals surface area contributed by atoms with E-state index >= 15 is 0 Å². The molecule has 0 amide bonds. The molecule has 3 heteroatoms. The number of nitrogens with one attached hydrogen (secondary N) is 1. The highest BCUT2D eigenvalue weighted by Gasteiger charge is 2.33. The van der Waals surface area contributed by atoms with E-state index in [1.165, 1.54) is 58.4 Å². The molecule has 3 nitrogen and oxygen atoms in total. The average Bonchev–Trinajstić information content (AvgIpc) is 2.38. The predicted octanol–water partition coefficient (Wildman–Crippen LogP) is 2.04. The Balaban J connectivity index is 1.61. The highest BCUT2D eigenvalue weighted by Crippen LogP contribution is 2.29. The summed E-state index contributed by atoms with van der Waals surface area (Å²) < 4.78 is 0. The lowest BCUT2D eigenvalue weighted by molar-refractivity contribution is 0.0383. The van der Waals surface area contributed by atoms with Gasteiger partial charge in [0.2, 0.25) is 0 Å². The molecule has 0 bridgehead atoms. The van der Waals surface area contributed by atoms with Gasteiger partial charge < -0.3 is 15.1 Å². The minimum absolute atomic E-state index is 0.772. The Kier molecular flexibility index (Phi) is 6.11. The summed E-state index contributed by atoms with van der Waals surface area (Å²) in [5.74, 6) is 1.71. The smallest absolute Gasteiger partial charge is 0.0145 e. The zero-order chi connectivity index (χ0) is 13.7. The van der Waals surface area contributed by atoms with E-state index < -0.39 is 0 Å². The Labute approximate surface area is 119 Å². The van der Waals surface area contributed by atoms with E-state index in [9.17, 15) is 0 Å². The molecule has 0 saturated carbocycles. The maximum Gasteiger partial charge on any atom is 0.0145 e. The van der Waals surface area contributed by atoms with Crippen LogP contribution >= 0.6 is 0 Å². The fourth-order valence-electron chi connectivity index (χ4n) is 3.75. The number of likely N-dealkylation sites (tertiary alicyclic amines) is 2. The second-order valence-electron chi connectivity index (χ2n) is 6.99. The van der Waals surface area contributed by atoms with E-state index in [-0.39, 0.29) is 0 Å². The molecule has 0 spiro atoms. The molecule has 2 aliphatic heterocycles. The van der Waals surface area contributed by atoms with Crippen LogP contribution in [-0.2, 0) is 0 Å². The number of fused-ring (bicyclic) bond motifs is 1.